The molecule has 0 aliphatic heterocycles. The van der Waals surface area contributed by atoms with Gasteiger partial charge in [-0.1, -0.05) is 39.0 Å². The Bertz CT molecular complexity index is 381. The van der Waals surface area contributed by atoms with Crippen molar-refractivity contribution in [3.8, 4) is 0 Å². The Morgan fingerprint density at radius 2 is 1.87 bits per heavy atom. The fourth-order valence-electron chi connectivity index (χ4n) is 3.53. The monoisotopic (exact) mass is 202 g/mol. The molecule has 1 saturated carbocycles. The lowest BCUT2D eigenvalue weighted by molar-refractivity contribution is -0.120. The maximum absolute atomic E-state index is 12.3. The van der Waals surface area contributed by atoms with Gasteiger partial charge in [-0.2, -0.15) is 0 Å². The molecule has 0 aromatic heterocycles. The highest BCUT2D eigenvalue weighted by Crippen LogP contribution is 2.54. The van der Waals surface area contributed by atoms with Gasteiger partial charge in [0, 0.05) is 5.92 Å². The molecule has 2 bridgehead atoms. The number of carbonyl (C=O) groups is 1. The number of fused-ring (bicyclic) bond motifs is 5. The van der Waals surface area contributed by atoms with Crippen LogP contribution in [0.15, 0.2) is 23.8 Å². The van der Waals surface area contributed by atoms with Crippen LogP contribution >= 0.6 is 0 Å². The molecule has 1 nitrogen and oxygen atoms in total. The molecule has 1 fully saturated rings. The second kappa shape index (κ2) is 2.63. The number of hydrogen-bond donors (Lipinski definition) is 0. The van der Waals surface area contributed by atoms with Gasteiger partial charge in [-0.15, -0.1) is 0 Å². The second-order valence-corrected chi connectivity index (χ2v) is 6.25. The summed E-state index contributed by atoms with van der Waals surface area (Å²) in [6.45, 7) is 6.44. The Hall–Kier alpha value is -0.850. The largest absolute Gasteiger partial charge is 0.294 e. The molecule has 3 rings (SSSR count). The normalized spacial score (nSPS) is 42.3. The van der Waals surface area contributed by atoms with Crippen LogP contribution in [0.1, 0.15) is 27.2 Å². The number of hydrogen-bond acceptors (Lipinski definition) is 1. The maximum Gasteiger partial charge on any atom is 0.163 e. The minimum Gasteiger partial charge on any atom is -0.294 e. The highest BCUT2D eigenvalue weighted by molar-refractivity contribution is 6.01. The third-order valence-corrected chi connectivity index (χ3v) is 4.26. The molecule has 0 radical (unpaired) electrons. The van der Waals surface area contributed by atoms with Gasteiger partial charge in [0.25, 0.3) is 0 Å². The van der Waals surface area contributed by atoms with E-state index >= 15 is 0 Å². The van der Waals surface area contributed by atoms with Gasteiger partial charge in [0.15, 0.2) is 5.78 Å². The zero-order valence-electron chi connectivity index (χ0n) is 9.66. The Labute approximate surface area is 91.2 Å². The van der Waals surface area contributed by atoms with E-state index in [0.717, 1.165) is 5.57 Å². The van der Waals surface area contributed by atoms with Gasteiger partial charge in [-0.25, -0.2) is 0 Å². The first-order valence-corrected chi connectivity index (χ1v) is 5.93. The van der Waals surface area contributed by atoms with E-state index in [2.05, 4.69) is 39.0 Å². The van der Waals surface area contributed by atoms with Crippen LogP contribution in [0, 0.1) is 29.1 Å². The van der Waals surface area contributed by atoms with Crippen molar-refractivity contribution in [1.29, 1.82) is 0 Å². The van der Waals surface area contributed by atoms with Crippen molar-refractivity contribution < 1.29 is 4.79 Å². The minimum atomic E-state index is 0.0286. The Kier molecular flexibility index (Phi) is 1.65. The van der Waals surface area contributed by atoms with Crippen LogP contribution in [0.2, 0.25) is 0 Å². The standard InChI is InChI=1S/C14H18O/c1-14(2,3)11-7-10-8-4-5-9(6-8)12(10)13(11)15/h4-5,7-10,12H,6H2,1-3H3/t8-,9+,10+,12-/m0/s1. The zero-order chi connectivity index (χ0) is 10.8. The van der Waals surface area contributed by atoms with E-state index in [9.17, 15) is 4.79 Å². The molecule has 1 heteroatoms. The summed E-state index contributed by atoms with van der Waals surface area (Å²) in [4.78, 5) is 12.3. The molecule has 15 heavy (non-hydrogen) atoms. The number of rotatable bonds is 0. The molecule has 0 saturated heterocycles. The molecule has 3 aliphatic rings. The summed E-state index contributed by atoms with van der Waals surface area (Å²) in [5.41, 5.74) is 1.11. The van der Waals surface area contributed by atoms with Gasteiger partial charge in [0.1, 0.15) is 0 Å². The van der Waals surface area contributed by atoms with E-state index in [1.807, 2.05) is 0 Å². The molecule has 0 unspecified atom stereocenters. The van der Waals surface area contributed by atoms with Crippen molar-refractivity contribution in [3.63, 3.8) is 0 Å². The summed E-state index contributed by atoms with van der Waals surface area (Å²) in [5.74, 6) is 2.47. The van der Waals surface area contributed by atoms with Crippen LogP contribution in [-0.4, -0.2) is 5.78 Å². The van der Waals surface area contributed by atoms with Crippen LogP contribution in [0.3, 0.4) is 0 Å². The van der Waals surface area contributed by atoms with E-state index < -0.39 is 0 Å². The summed E-state index contributed by atoms with van der Waals surface area (Å²) in [5, 5.41) is 0. The van der Waals surface area contributed by atoms with Crippen LogP contribution in [0.5, 0.6) is 0 Å². The highest BCUT2D eigenvalue weighted by Gasteiger charge is 2.52. The quantitative estimate of drug-likeness (QED) is 0.552. The van der Waals surface area contributed by atoms with Gasteiger partial charge in [-0.05, 0) is 35.2 Å². The number of Topliss-reactive ketones (excluding diaryl/α,β-unsaturated/α-hetero) is 1. The van der Waals surface area contributed by atoms with Crippen molar-refractivity contribution in [1.82, 2.24) is 0 Å². The molecule has 0 aromatic rings. The SMILES string of the molecule is CC(C)(C)C1=C[C@H]2[C@@H](C1=O)[C@@H]1C=C[C@H]2C1. The molecule has 0 N–H and O–H groups in total. The lowest BCUT2D eigenvalue weighted by atomic mass is 9.81. The lowest BCUT2D eigenvalue weighted by Gasteiger charge is -2.21. The molecule has 0 aromatic carbocycles. The van der Waals surface area contributed by atoms with Crippen LogP contribution in [0.4, 0.5) is 0 Å². The summed E-state index contributed by atoms with van der Waals surface area (Å²) in [7, 11) is 0. The molecule has 3 aliphatic carbocycles. The van der Waals surface area contributed by atoms with E-state index in [4.69, 9.17) is 0 Å². The van der Waals surface area contributed by atoms with Gasteiger partial charge in [0.05, 0.1) is 0 Å². The molecule has 0 heterocycles. The average Bonchev–Trinajstić information content (AvgIpc) is 2.73. The van der Waals surface area contributed by atoms with Crippen molar-refractivity contribution in [2.45, 2.75) is 27.2 Å². The van der Waals surface area contributed by atoms with Crippen LogP contribution < -0.4 is 0 Å². The first kappa shape index (κ1) is 9.38. The number of allylic oxidation sites excluding steroid dienone is 4. The molecule has 0 spiro atoms. The van der Waals surface area contributed by atoms with Gasteiger partial charge in [-0.3, -0.25) is 4.79 Å². The lowest BCUT2D eigenvalue weighted by Crippen LogP contribution is -2.24. The van der Waals surface area contributed by atoms with Crippen molar-refractivity contribution in [2.24, 2.45) is 29.1 Å². The Balaban J connectivity index is 1.99. The first-order valence-electron chi connectivity index (χ1n) is 5.93. The highest BCUT2D eigenvalue weighted by atomic mass is 16.1. The fourth-order valence-corrected chi connectivity index (χ4v) is 3.53. The summed E-state index contributed by atoms with van der Waals surface area (Å²) >= 11 is 0. The second-order valence-electron chi connectivity index (χ2n) is 6.25. The Morgan fingerprint density at radius 3 is 2.47 bits per heavy atom. The van der Waals surface area contributed by atoms with Gasteiger partial charge >= 0.3 is 0 Å². The smallest absolute Gasteiger partial charge is 0.163 e. The topological polar surface area (TPSA) is 17.1 Å². The van der Waals surface area contributed by atoms with E-state index in [-0.39, 0.29) is 5.41 Å². The van der Waals surface area contributed by atoms with Crippen molar-refractivity contribution in [2.75, 3.05) is 0 Å². The Morgan fingerprint density at radius 1 is 1.20 bits per heavy atom. The van der Waals surface area contributed by atoms with Gasteiger partial charge < -0.3 is 0 Å². The molecule has 80 valence electrons. The number of carbonyl (C=O) groups excluding carboxylic acids is 1. The predicted molar refractivity (Wildman–Crippen MR) is 60.3 cm³/mol. The third-order valence-electron chi connectivity index (χ3n) is 4.26. The zero-order valence-corrected chi connectivity index (χ0v) is 9.66. The fraction of sp³-hybridized carbons (Fsp3) is 0.643. The maximum atomic E-state index is 12.3. The van der Waals surface area contributed by atoms with Crippen LogP contribution in [-0.2, 0) is 4.79 Å². The predicted octanol–water partition coefficient (Wildman–Crippen LogP) is 2.98. The molecule has 4 atom stereocenters. The average molecular weight is 202 g/mol. The van der Waals surface area contributed by atoms with Crippen LogP contribution in [0.25, 0.3) is 0 Å². The van der Waals surface area contributed by atoms with Gasteiger partial charge in [0.2, 0.25) is 0 Å². The minimum absolute atomic E-state index is 0.0286. The third kappa shape index (κ3) is 1.12. The van der Waals surface area contributed by atoms with E-state index in [1.165, 1.54) is 6.42 Å². The van der Waals surface area contributed by atoms with E-state index in [1.54, 1.807) is 0 Å². The first-order chi connectivity index (χ1) is 6.98. The van der Waals surface area contributed by atoms with Crippen molar-refractivity contribution in [3.05, 3.63) is 23.8 Å². The van der Waals surface area contributed by atoms with Crippen molar-refractivity contribution >= 4 is 5.78 Å². The molecule has 0 amide bonds. The summed E-state index contributed by atoms with van der Waals surface area (Å²) in [6.07, 6.45) is 8.08. The molecular formula is C14H18O. The summed E-state index contributed by atoms with van der Waals surface area (Å²) in [6, 6.07) is 0. The summed E-state index contributed by atoms with van der Waals surface area (Å²) < 4.78 is 0. The number of ketones is 1. The molecular weight excluding hydrogens is 184 g/mol. The van der Waals surface area contributed by atoms with E-state index in [0.29, 0.717) is 29.5 Å².